The lowest BCUT2D eigenvalue weighted by Gasteiger charge is -2.26. The minimum Gasteiger partial charge on any atom is -0.351 e. The third kappa shape index (κ3) is 5.12. The van der Waals surface area contributed by atoms with Gasteiger partial charge in [0.1, 0.15) is 5.69 Å². The van der Waals surface area contributed by atoms with E-state index in [0.717, 1.165) is 50.6 Å². The van der Waals surface area contributed by atoms with Crippen LogP contribution in [0.4, 0.5) is 0 Å². The summed E-state index contributed by atoms with van der Waals surface area (Å²) in [6.07, 6.45) is 1.76. The number of carbonyl (C=O) groups excluding carboxylic acids is 1. The molecule has 0 atom stereocenters. The first-order chi connectivity index (χ1) is 11.8. The van der Waals surface area contributed by atoms with Crippen molar-refractivity contribution < 1.29 is 4.79 Å². The van der Waals surface area contributed by atoms with E-state index in [4.69, 9.17) is 0 Å². The number of piperazine rings is 1. The Morgan fingerprint density at radius 2 is 2.04 bits per heavy atom. The van der Waals surface area contributed by atoms with Gasteiger partial charge in [-0.1, -0.05) is 30.3 Å². The lowest BCUT2D eigenvalue weighted by atomic mass is 10.2. The maximum absolute atomic E-state index is 12.2. The van der Waals surface area contributed by atoms with Crippen molar-refractivity contribution in [3.05, 3.63) is 52.0 Å². The molecule has 0 unspecified atom stereocenters. The number of hydrogen-bond acceptors (Lipinski definition) is 5. The zero-order valence-corrected chi connectivity index (χ0v) is 14.6. The summed E-state index contributed by atoms with van der Waals surface area (Å²) in [7, 11) is 0. The van der Waals surface area contributed by atoms with Gasteiger partial charge in [-0.2, -0.15) is 0 Å². The Balaban J connectivity index is 1.40. The van der Waals surface area contributed by atoms with Crippen molar-refractivity contribution in [1.29, 1.82) is 0 Å². The highest BCUT2D eigenvalue weighted by atomic mass is 32.1. The van der Waals surface area contributed by atoms with Crippen molar-refractivity contribution in [3.63, 3.8) is 0 Å². The molecule has 2 N–H and O–H groups in total. The number of hydrogen-bond donors (Lipinski definition) is 2. The largest absolute Gasteiger partial charge is 0.351 e. The van der Waals surface area contributed by atoms with E-state index in [1.165, 1.54) is 5.56 Å². The number of amides is 1. The number of thiazole rings is 1. The summed E-state index contributed by atoms with van der Waals surface area (Å²) in [6.45, 7) is 6.07. The molecular formula is C18H24N4OS. The number of nitrogens with one attached hydrogen (secondary N) is 2. The molecular weight excluding hydrogens is 320 g/mol. The Bertz CT molecular complexity index is 637. The van der Waals surface area contributed by atoms with Gasteiger partial charge >= 0.3 is 0 Å². The summed E-state index contributed by atoms with van der Waals surface area (Å²) in [5.74, 6) is -0.0640. The van der Waals surface area contributed by atoms with Gasteiger partial charge in [0.15, 0.2) is 0 Å². The highest BCUT2D eigenvalue weighted by Crippen LogP contribution is 2.14. The summed E-state index contributed by atoms with van der Waals surface area (Å²) in [5, 5.41) is 9.15. The minimum atomic E-state index is -0.0640. The first-order valence-corrected chi connectivity index (χ1v) is 9.39. The molecule has 2 aromatic rings. The summed E-state index contributed by atoms with van der Waals surface area (Å²) in [6, 6.07) is 10.2. The number of aromatic nitrogens is 1. The highest BCUT2D eigenvalue weighted by molar-refractivity contribution is 7.09. The van der Waals surface area contributed by atoms with E-state index in [0.29, 0.717) is 12.2 Å². The number of nitrogens with zero attached hydrogens (tertiary/aromatic N) is 2. The molecule has 0 aliphatic carbocycles. The van der Waals surface area contributed by atoms with E-state index in [2.05, 4.69) is 32.7 Å². The molecule has 24 heavy (non-hydrogen) atoms. The Hall–Kier alpha value is -1.76. The Morgan fingerprint density at radius 3 is 2.83 bits per heavy atom. The predicted molar refractivity (Wildman–Crippen MR) is 97.6 cm³/mol. The molecule has 1 aromatic heterocycles. The van der Waals surface area contributed by atoms with Crippen LogP contribution in [-0.2, 0) is 6.42 Å². The fourth-order valence-corrected chi connectivity index (χ4v) is 3.61. The van der Waals surface area contributed by atoms with Gasteiger partial charge in [0, 0.05) is 44.5 Å². The van der Waals surface area contributed by atoms with Crippen molar-refractivity contribution in [2.24, 2.45) is 0 Å². The van der Waals surface area contributed by atoms with Crippen molar-refractivity contribution >= 4 is 17.2 Å². The fraction of sp³-hybridized carbons (Fsp3) is 0.444. The molecule has 1 fully saturated rings. The summed E-state index contributed by atoms with van der Waals surface area (Å²) < 4.78 is 0. The van der Waals surface area contributed by atoms with Crippen LogP contribution in [0.3, 0.4) is 0 Å². The number of rotatable bonds is 7. The Labute approximate surface area is 147 Å². The van der Waals surface area contributed by atoms with Crippen molar-refractivity contribution in [3.8, 4) is 0 Å². The van der Waals surface area contributed by atoms with Gasteiger partial charge in [-0.25, -0.2) is 4.98 Å². The SMILES string of the molecule is O=C(NCCCN1CCNCC1)c1csc(Cc2ccccc2)n1. The normalized spacial score (nSPS) is 15.3. The Morgan fingerprint density at radius 1 is 1.25 bits per heavy atom. The van der Waals surface area contributed by atoms with Crippen molar-refractivity contribution in [2.75, 3.05) is 39.3 Å². The first kappa shape index (κ1) is 17.1. The average molecular weight is 344 g/mol. The van der Waals surface area contributed by atoms with Crippen LogP contribution in [0.1, 0.15) is 27.5 Å². The van der Waals surface area contributed by atoms with E-state index >= 15 is 0 Å². The lowest BCUT2D eigenvalue weighted by molar-refractivity contribution is 0.0947. The minimum absolute atomic E-state index is 0.0640. The zero-order chi connectivity index (χ0) is 16.6. The molecule has 1 aromatic carbocycles. The molecule has 2 heterocycles. The van der Waals surface area contributed by atoms with E-state index in [9.17, 15) is 4.79 Å². The van der Waals surface area contributed by atoms with Gasteiger partial charge in [0.2, 0.25) is 0 Å². The molecule has 0 saturated carbocycles. The predicted octanol–water partition coefficient (Wildman–Crippen LogP) is 1.76. The van der Waals surface area contributed by atoms with Crippen LogP contribution in [-0.4, -0.2) is 55.1 Å². The van der Waals surface area contributed by atoms with Gasteiger partial charge in [-0.05, 0) is 18.5 Å². The molecule has 5 nitrogen and oxygen atoms in total. The molecule has 128 valence electrons. The highest BCUT2D eigenvalue weighted by Gasteiger charge is 2.12. The van der Waals surface area contributed by atoms with E-state index in [1.54, 1.807) is 11.3 Å². The van der Waals surface area contributed by atoms with Gasteiger partial charge < -0.3 is 15.5 Å². The van der Waals surface area contributed by atoms with E-state index in [1.807, 2.05) is 23.6 Å². The van der Waals surface area contributed by atoms with Crippen LogP contribution in [0.15, 0.2) is 35.7 Å². The molecule has 3 rings (SSSR count). The van der Waals surface area contributed by atoms with Crippen LogP contribution in [0.2, 0.25) is 0 Å². The smallest absolute Gasteiger partial charge is 0.270 e. The molecule has 1 aliphatic heterocycles. The lowest BCUT2D eigenvalue weighted by Crippen LogP contribution is -2.44. The monoisotopic (exact) mass is 344 g/mol. The van der Waals surface area contributed by atoms with Crippen molar-refractivity contribution in [1.82, 2.24) is 20.5 Å². The molecule has 1 amide bonds. The molecule has 0 radical (unpaired) electrons. The van der Waals surface area contributed by atoms with Crippen LogP contribution >= 0.6 is 11.3 Å². The van der Waals surface area contributed by atoms with Crippen LogP contribution in [0.25, 0.3) is 0 Å². The maximum Gasteiger partial charge on any atom is 0.270 e. The van der Waals surface area contributed by atoms with Gasteiger partial charge in [0.25, 0.3) is 5.91 Å². The second-order valence-corrected chi connectivity index (χ2v) is 6.93. The maximum atomic E-state index is 12.2. The van der Waals surface area contributed by atoms with E-state index in [-0.39, 0.29) is 5.91 Å². The first-order valence-electron chi connectivity index (χ1n) is 8.51. The van der Waals surface area contributed by atoms with Gasteiger partial charge in [0.05, 0.1) is 5.01 Å². The van der Waals surface area contributed by atoms with Gasteiger partial charge in [-0.15, -0.1) is 11.3 Å². The topological polar surface area (TPSA) is 57.3 Å². The van der Waals surface area contributed by atoms with Crippen LogP contribution in [0, 0.1) is 0 Å². The summed E-state index contributed by atoms with van der Waals surface area (Å²) in [4.78, 5) is 19.1. The molecule has 1 aliphatic rings. The molecule has 0 bridgehead atoms. The quantitative estimate of drug-likeness (QED) is 0.752. The summed E-state index contributed by atoms with van der Waals surface area (Å²) in [5.41, 5.74) is 1.75. The van der Waals surface area contributed by atoms with Crippen LogP contribution < -0.4 is 10.6 Å². The third-order valence-electron chi connectivity index (χ3n) is 4.13. The van der Waals surface area contributed by atoms with Gasteiger partial charge in [-0.3, -0.25) is 4.79 Å². The Kier molecular flexibility index (Phi) is 6.34. The van der Waals surface area contributed by atoms with Crippen LogP contribution in [0.5, 0.6) is 0 Å². The fourth-order valence-electron chi connectivity index (χ4n) is 2.80. The molecule has 0 spiro atoms. The third-order valence-corrected chi connectivity index (χ3v) is 4.98. The van der Waals surface area contributed by atoms with Crippen molar-refractivity contribution in [2.45, 2.75) is 12.8 Å². The molecule has 1 saturated heterocycles. The number of carbonyl (C=O) groups is 1. The summed E-state index contributed by atoms with van der Waals surface area (Å²) >= 11 is 1.55. The second kappa shape index (κ2) is 8.92. The van der Waals surface area contributed by atoms with E-state index < -0.39 is 0 Å². The standard InChI is InChI=1S/C18H24N4OS/c23-18(20-7-4-10-22-11-8-19-9-12-22)16-14-24-17(21-16)13-15-5-2-1-3-6-15/h1-3,5-6,14,19H,4,7-13H2,(H,20,23). The zero-order valence-electron chi connectivity index (χ0n) is 13.8. The second-order valence-electron chi connectivity index (χ2n) is 5.99. The average Bonchev–Trinajstić information content (AvgIpc) is 3.09. The molecule has 6 heteroatoms. The number of benzene rings is 1.